The molecule has 0 aliphatic heterocycles. The summed E-state index contributed by atoms with van der Waals surface area (Å²) in [6.07, 6.45) is 0. The van der Waals surface area contributed by atoms with E-state index in [1.807, 2.05) is 30.3 Å². The van der Waals surface area contributed by atoms with Crippen LogP contribution in [0.3, 0.4) is 0 Å². The van der Waals surface area contributed by atoms with Gasteiger partial charge in [0.05, 0.1) is 0 Å². The van der Waals surface area contributed by atoms with Gasteiger partial charge in [-0.3, -0.25) is 0 Å². The average Bonchev–Trinajstić information content (AvgIpc) is 3.00. The molecule has 6 aromatic carbocycles. The van der Waals surface area contributed by atoms with Gasteiger partial charge in [-0.2, -0.15) is 0 Å². The molecule has 40 heavy (non-hydrogen) atoms. The number of hydrogen-bond donors (Lipinski definition) is 8. The predicted octanol–water partition coefficient (Wildman–Crippen LogP) is 6.64. The molecule has 8 heteroatoms. The second-order valence-corrected chi connectivity index (χ2v) is 9.35. The lowest BCUT2D eigenvalue weighted by molar-refractivity contribution is 0.350. The van der Waals surface area contributed by atoms with Gasteiger partial charge in [0.2, 0.25) is 23.0 Å². The predicted molar refractivity (Wildman–Crippen MR) is 151 cm³/mol. The fraction of sp³-hybridized carbons (Fsp3) is 0. The third-order valence-electron chi connectivity index (χ3n) is 7.14. The molecule has 0 saturated heterocycles. The van der Waals surface area contributed by atoms with Crippen LogP contribution in [0, 0.1) is 0 Å². The molecule has 0 unspecified atom stereocenters. The molecule has 0 fully saturated rings. The molecule has 8 nitrogen and oxygen atoms in total. The summed E-state index contributed by atoms with van der Waals surface area (Å²) in [5, 5.41) is 86.0. The highest BCUT2D eigenvalue weighted by Gasteiger charge is 2.32. The van der Waals surface area contributed by atoms with Gasteiger partial charge in [0, 0.05) is 32.7 Å². The van der Waals surface area contributed by atoms with Crippen LogP contribution in [0.1, 0.15) is 0 Å². The van der Waals surface area contributed by atoms with Crippen molar-refractivity contribution >= 4 is 21.5 Å². The lowest BCUT2D eigenvalue weighted by atomic mass is 9.83. The minimum atomic E-state index is -1.00. The molecule has 0 bridgehead atoms. The number of benzene rings is 6. The van der Waals surface area contributed by atoms with Gasteiger partial charge in [-0.25, -0.2) is 0 Å². The third kappa shape index (κ3) is 3.40. The maximum absolute atomic E-state index is 11.2. The van der Waals surface area contributed by atoms with Crippen molar-refractivity contribution in [1.82, 2.24) is 0 Å². The highest BCUT2D eigenvalue weighted by Crippen LogP contribution is 2.61. The summed E-state index contributed by atoms with van der Waals surface area (Å²) in [7, 11) is 0. The lowest BCUT2D eigenvalue weighted by Crippen LogP contribution is -1.94. The fourth-order valence-electron chi connectivity index (χ4n) is 5.26. The van der Waals surface area contributed by atoms with Gasteiger partial charge >= 0.3 is 0 Å². The molecule has 0 atom stereocenters. The molecule has 0 amide bonds. The van der Waals surface area contributed by atoms with Crippen LogP contribution in [0.25, 0.3) is 54.9 Å². The summed E-state index contributed by atoms with van der Waals surface area (Å²) >= 11 is 0. The third-order valence-corrected chi connectivity index (χ3v) is 7.14. The Morgan fingerprint density at radius 3 is 0.850 bits per heavy atom. The van der Waals surface area contributed by atoms with Crippen LogP contribution in [0.4, 0.5) is 0 Å². The van der Waals surface area contributed by atoms with Crippen LogP contribution in [0.15, 0.2) is 84.9 Å². The molecule has 0 spiro atoms. The van der Waals surface area contributed by atoms with Gasteiger partial charge in [0.1, 0.15) is 0 Å². The Morgan fingerprint density at radius 2 is 0.500 bits per heavy atom. The van der Waals surface area contributed by atoms with E-state index in [0.717, 1.165) is 11.1 Å². The number of rotatable bonds is 3. The van der Waals surface area contributed by atoms with Crippen molar-refractivity contribution in [3.05, 3.63) is 84.9 Å². The van der Waals surface area contributed by atoms with Crippen LogP contribution in [0.5, 0.6) is 46.0 Å². The van der Waals surface area contributed by atoms with E-state index in [0.29, 0.717) is 11.1 Å². The Hall–Kier alpha value is -5.76. The van der Waals surface area contributed by atoms with Crippen molar-refractivity contribution in [2.24, 2.45) is 0 Å². The van der Waals surface area contributed by atoms with Gasteiger partial charge in [0.25, 0.3) is 0 Å². The standard InChI is InChI=1S/C32H22O8/c33-25-21-19(17-9-5-2-6-10-17)22-24(28(36)32(40)30(38)26(22)34)20(23(21)27(35)31(39)29(25)37)18-13-11-16(12-14-18)15-7-3-1-4-8-15/h1-14,33-40H. The largest absolute Gasteiger partial charge is 0.504 e. The normalized spacial score (nSPS) is 11.3. The Bertz CT molecular complexity index is 1870. The van der Waals surface area contributed by atoms with Crippen molar-refractivity contribution in [2.45, 2.75) is 0 Å². The first kappa shape index (κ1) is 24.6. The Balaban J connectivity index is 1.87. The zero-order chi connectivity index (χ0) is 28.3. The highest BCUT2D eigenvalue weighted by molar-refractivity contribution is 6.28. The maximum atomic E-state index is 11.2. The average molecular weight is 535 g/mol. The summed E-state index contributed by atoms with van der Waals surface area (Å²) in [6, 6.07) is 24.7. The molecule has 8 N–H and O–H groups in total. The molecule has 0 aliphatic carbocycles. The summed E-state index contributed by atoms with van der Waals surface area (Å²) in [5.74, 6) is -7.23. The van der Waals surface area contributed by atoms with Gasteiger partial charge < -0.3 is 40.9 Å². The summed E-state index contributed by atoms with van der Waals surface area (Å²) in [5.41, 5.74) is 2.52. The molecule has 0 radical (unpaired) electrons. The van der Waals surface area contributed by atoms with E-state index in [1.165, 1.54) is 0 Å². The van der Waals surface area contributed by atoms with Gasteiger partial charge in [-0.15, -0.1) is 0 Å². The van der Waals surface area contributed by atoms with Crippen molar-refractivity contribution in [2.75, 3.05) is 0 Å². The number of phenols is 8. The van der Waals surface area contributed by atoms with E-state index in [1.54, 1.807) is 54.6 Å². The minimum Gasteiger partial charge on any atom is -0.504 e. The van der Waals surface area contributed by atoms with Crippen LogP contribution >= 0.6 is 0 Å². The Kier molecular flexibility index (Phi) is 5.48. The first-order valence-electron chi connectivity index (χ1n) is 12.2. The molecule has 0 aromatic heterocycles. The molecule has 0 heterocycles. The molecule has 6 rings (SSSR count). The molecule has 0 aliphatic rings. The first-order valence-corrected chi connectivity index (χ1v) is 12.2. The van der Waals surface area contributed by atoms with Gasteiger partial charge in [-0.05, 0) is 22.3 Å². The van der Waals surface area contributed by atoms with Crippen LogP contribution in [0.2, 0.25) is 0 Å². The van der Waals surface area contributed by atoms with Gasteiger partial charge in [0.15, 0.2) is 23.0 Å². The Morgan fingerprint density at radius 1 is 0.250 bits per heavy atom. The van der Waals surface area contributed by atoms with Crippen molar-refractivity contribution in [3.8, 4) is 79.4 Å². The lowest BCUT2D eigenvalue weighted by Gasteiger charge is -2.22. The van der Waals surface area contributed by atoms with E-state index in [9.17, 15) is 40.9 Å². The number of aromatic hydroxyl groups is 8. The zero-order valence-electron chi connectivity index (χ0n) is 20.7. The number of fused-ring (bicyclic) bond motifs is 2. The van der Waals surface area contributed by atoms with E-state index in [4.69, 9.17) is 0 Å². The first-order chi connectivity index (χ1) is 19.2. The summed E-state index contributed by atoms with van der Waals surface area (Å²) in [4.78, 5) is 0. The fourth-order valence-corrected chi connectivity index (χ4v) is 5.26. The molecule has 198 valence electrons. The SMILES string of the molecule is Oc1c(O)c(O)c2c(-c3ccc(-c4ccccc4)cc3)c3c(O)c(O)c(O)c(O)c3c(-c3ccccc3)c2c1O. The van der Waals surface area contributed by atoms with Crippen molar-refractivity contribution in [3.63, 3.8) is 0 Å². The van der Waals surface area contributed by atoms with Crippen molar-refractivity contribution < 1.29 is 40.9 Å². The quantitative estimate of drug-likeness (QED) is 0.0712. The van der Waals surface area contributed by atoms with E-state index in [2.05, 4.69) is 0 Å². The molecule has 6 aromatic rings. The number of phenolic OH excluding ortho intramolecular Hbond substituents is 8. The van der Waals surface area contributed by atoms with Crippen LogP contribution < -0.4 is 0 Å². The summed E-state index contributed by atoms with van der Waals surface area (Å²) < 4.78 is 0. The molecular formula is C32H22O8. The maximum Gasteiger partial charge on any atom is 0.204 e. The van der Waals surface area contributed by atoms with E-state index >= 15 is 0 Å². The van der Waals surface area contributed by atoms with Crippen LogP contribution in [-0.2, 0) is 0 Å². The number of hydrogen-bond acceptors (Lipinski definition) is 8. The Labute approximate surface area is 226 Å². The minimum absolute atomic E-state index is 0.00972. The second kappa shape index (κ2) is 8.92. The summed E-state index contributed by atoms with van der Waals surface area (Å²) in [6.45, 7) is 0. The van der Waals surface area contributed by atoms with E-state index < -0.39 is 46.0 Å². The molecule has 0 saturated carbocycles. The smallest absolute Gasteiger partial charge is 0.204 e. The monoisotopic (exact) mass is 534 g/mol. The second-order valence-electron chi connectivity index (χ2n) is 9.35. The topological polar surface area (TPSA) is 162 Å². The van der Waals surface area contributed by atoms with Crippen LogP contribution in [-0.4, -0.2) is 40.9 Å². The van der Waals surface area contributed by atoms with Gasteiger partial charge in [-0.1, -0.05) is 84.9 Å². The van der Waals surface area contributed by atoms with Crippen molar-refractivity contribution in [1.29, 1.82) is 0 Å². The highest BCUT2D eigenvalue weighted by atomic mass is 16.4. The van der Waals surface area contributed by atoms with E-state index in [-0.39, 0.29) is 32.7 Å². The zero-order valence-corrected chi connectivity index (χ0v) is 20.7. The molecular weight excluding hydrogens is 512 g/mol.